The van der Waals surface area contributed by atoms with Crippen molar-refractivity contribution in [2.75, 3.05) is 10.6 Å². The highest BCUT2D eigenvalue weighted by Gasteiger charge is 2.13. The molecule has 0 aliphatic carbocycles. The number of aryl methyl sites for hydroxylation is 2. The molecule has 0 fully saturated rings. The number of hydrogen-bond acceptors (Lipinski definition) is 2. The standard InChI is InChI=1S/C24H21N3O2/c1-15-6-5-7-17(12-15)23(28)27-22-13-18(11-10-16(22)2)26-24(29)20-14-25-21-9-4-3-8-19(20)21/h3-14,25H,1-2H3,(H,26,29)(H,27,28). The Labute approximate surface area is 168 Å². The van der Waals surface area contributed by atoms with Crippen LogP contribution in [0.15, 0.2) is 72.9 Å². The maximum Gasteiger partial charge on any atom is 0.257 e. The summed E-state index contributed by atoms with van der Waals surface area (Å²) in [6.07, 6.45) is 1.70. The molecule has 0 aliphatic heterocycles. The van der Waals surface area contributed by atoms with Gasteiger partial charge in [-0.25, -0.2) is 0 Å². The van der Waals surface area contributed by atoms with E-state index in [0.717, 1.165) is 22.0 Å². The number of aromatic amines is 1. The fourth-order valence-corrected chi connectivity index (χ4v) is 3.27. The Morgan fingerprint density at radius 2 is 1.66 bits per heavy atom. The highest BCUT2D eigenvalue weighted by atomic mass is 16.2. The van der Waals surface area contributed by atoms with Gasteiger partial charge in [0.25, 0.3) is 11.8 Å². The molecule has 3 aromatic carbocycles. The van der Waals surface area contributed by atoms with Crippen LogP contribution >= 0.6 is 0 Å². The minimum atomic E-state index is -0.206. The van der Waals surface area contributed by atoms with Crippen molar-refractivity contribution in [2.24, 2.45) is 0 Å². The van der Waals surface area contributed by atoms with Crippen LogP contribution in [-0.4, -0.2) is 16.8 Å². The zero-order valence-corrected chi connectivity index (χ0v) is 16.2. The van der Waals surface area contributed by atoms with Gasteiger partial charge in [-0.3, -0.25) is 9.59 Å². The lowest BCUT2D eigenvalue weighted by atomic mass is 10.1. The van der Waals surface area contributed by atoms with Gasteiger partial charge < -0.3 is 15.6 Å². The van der Waals surface area contributed by atoms with E-state index in [1.165, 1.54) is 0 Å². The molecular formula is C24H21N3O2. The smallest absolute Gasteiger partial charge is 0.257 e. The quantitative estimate of drug-likeness (QED) is 0.448. The average molecular weight is 383 g/mol. The molecule has 0 spiro atoms. The summed E-state index contributed by atoms with van der Waals surface area (Å²) >= 11 is 0. The summed E-state index contributed by atoms with van der Waals surface area (Å²) < 4.78 is 0. The Kier molecular flexibility index (Phi) is 4.87. The maximum absolute atomic E-state index is 12.7. The van der Waals surface area contributed by atoms with Crippen LogP contribution in [0.5, 0.6) is 0 Å². The van der Waals surface area contributed by atoms with Crippen molar-refractivity contribution in [1.29, 1.82) is 0 Å². The van der Waals surface area contributed by atoms with E-state index in [2.05, 4.69) is 15.6 Å². The number of aromatic nitrogens is 1. The molecule has 0 saturated heterocycles. The Hall–Kier alpha value is -3.86. The van der Waals surface area contributed by atoms with Crippen molar-refractivity contribution in [3.05, 3.63) is 95.2 Å². The van der Waals surface area contributed by atoms with E-state index in [-0.39, 0.29) is 11.8 Å². The molecule has 4 aromatic rings. The van der Waals surface area contributed by atoms with Gasteiger partial charge >= 0.3 is 0 Å². The molecule has 1 heterocycles. The lowest BCUT2D eigenvalue weighted by Gasteiger charge is -2.12. The summed E-state index contributed by atoms with van der Waals surface area (Å²) in [6.45, 7) is 3.86. The molecule has 4 rings (SSSR count). The minimum absolute atomic E-state index is 0.183. The molecule has 144 valence electrons. The molecule has 0 bridgehead atoms. The van der Waals surface area contributed by atoms with E-state index < -0.39 is 0 Å². The van der Waals surface area contributed by atoms with Crippen LogP contribution in [0, 0.1) is 13.8 Å². The number of rotatable bonds is 4. The van der Waals surface area contributed by atoms with Gasteiger partial charge in [-0.05, 0) is 49.7 Å². The second kappa shape index (κ2) is 7.64. The third kappa shape index (κ3) is 3.89. The van der Waals surface area contributed by atoms with Crippen molar-refractivity contribution in [2.45, 2.75) is 13.8 Å². The van der Waals surface area contributed by atoms with Gasteiger partial charge in [0.1, 0.15) is 0 Å². The topological polar surface area (TPSA) is 74.0 Å². The molecule has 0 unspecified atom stereocenters. The van der Waals surface area contributed by atoms with Crippen molar-refractivity contribution >= 4 is 34.1 Å². The minimum Gasteiger partial charge on any atom is -0.360 e. The molecule has 1 aromatic heterocycles. The number of anilines is 2. The predicted octanol–water partition coefficient (Wildman–Crippen LogP) is 5.29. The molecule has 29 heavy (non-hydrogen) atoms. The Bertz CT molecular complexity index is 1220. The zero-order valence-electron chi connectivity index (χ0n) is 16.2. The van der Waals surface area contributed by atoms with Crippen molar-refractivity contribution in [3.63, 3.8) is 0 Å². The first-order chi connectivity index (χ1) is 14.0. The molecule has 0 radical (unpaired) electrons. The predicted molar refractivity (Wildman–Crippen MR) is 117 cm³/mol. The van der Waals surface area contributed by atoms with E-state index in [1.54, 1.807) is 18.3 Å². The fourth-order valence-electron chi connectivity index (χ4n) is 3.27. The van der Waals surface area contributed by atoms with E-state index in [4.69, 9.17) is 0 Å². The summed E-state index contributed by atoms with van der Waals surface area (Å²) in [5, 5.41) is 6.72. The lowest BCUT2D eigenvalue weighted by Crippen LogP contribution is -2.14. The van der Waals surface area contributed by atoms with E-state index in [1.807, 2.05) is 68.4 Å². The van der Waals surface area contributed by atoms with Crippen molar-refractivity contribution in [1.82, 2.24) is 4.98 Å². The molecule has 5 heteroatoms. The van der Waals surface area contributed by atoms with Crippen LogP contribution < -0.4 is 10.6 Å². The lowest BCUT2D eigenvalue weighted by molar-refractivity contribution is 0.102. The number of nitrogens with one attached hydrogen (secondary N) is 3. The van der Waals surface area contributed by atoms with Crippen LogP contribution in [0.2, 0.25) is 0 Å². The number of carbonyl (C=O) groups is 2. The van der Waals surface area contributed by atoms with Crippen LogP contribution in [0.4, 0.5) is 11.4 Å². The van der Waals surface area contributed by atoms with Gasteiger partial charge in [-0.2, -0.15) is 0 Å². The first kappa shape index (κ1) is 18.5. The zero-order chi connectivity index (χ0) is 20.4. The van der Waals surface area contributed by atoms with Crippen LogP contribution in [0.3, 0.4) is 0 Å². The largest absolute Gasteiger partial charge is 0.360 e. The Morgan fingerprint density at radius 1 is 0.828 bits per heavy atom. The second-order valence-electron chi connectivity index (χ2n) is 7.06. The molecular weight excluding hydrogens is 362 g/mol. The Balaban J connectivity index is 1.55. The highest BCUT2D eigenvalue weighted by Crippen LogP contribution is 2.23. The third-order valence-corrected chi connectivity index (χ3v) is 4.86. The molecule has 3 N–H and O–H groups in total. The van der Waals surface area contributed by atoms with Gasteiger partial charge in [-0.15, -0.1) is 0 Å². The molecule has 0 atom stereocenters. The average Bonchev–Trinajstić information content (AvgIpc) is 3.15. The number of fused-ring (bicyclic) bond motifs is 1. The monoisotopic (exact) mass is 383 g/mol. The van der Waals surface area contributed by atoms with E-state index >= 15 is 0 Å². The van der Waals surface area contributed by atoms with Gasteiger partial charge in [-0.1, -0.05) is 42.0 Å². The van der Waals surface area contributed by atoms with Crippen LogP contribution in [-0.2, 0) is 0 Å². The van der Waals surface area contributed by atoms with Crippen LogP contribution in [0.1, 0.15) is 31.8 Å². The summed E-state index contributed by atoms with van der Waals surface area (Å²) in [5.74, 6) is -0.390. The molecule has 0 aliphatic rings. The van der Waals surface area contributed by atoms with Crippen LogP contribution in [0.25, 0.3) is 10.9 Å². The fraction of sp³-hybridized carbons (Fsp3) is 0.0833. The number of hydrogen-bond donors (Lipinski definition) is 3. The number of carbonyl (C=O) groups excluding carboxylic acids is 2. The summed E-state index contributed by atoms with van der Waals surface area (Å²) in [5.41, 5.74) is 5.29. The van der Waals surface area contributed by atoms with Crippen molar-refractivity contribution in [3.8, 4) is 0 Å². The maximum atomic E-state index is 12.7. The van der Waals surface area contributed by atoms with Gasteiger partial charge in [0.05, 0.1) is 5.56 Å². The molecule has 0 saturated carbocycles. The molecule has 2 amide bonds. The van der Waals surface area contributed by atoms with Gasteiger partial charge in [0.2, 0.25) is 0 Å². The highest BCUT2D eigenvalue weighted by molar-refractivity contribution is 6.13. The number of amides is 2. The summed E-state index contributed by atoms with van der Waals surface area (Å²) in [6, 6.07) is 20.5. The van der Waals surface area contributed by atoms with E-state index in [0.29, 0.717) is 22.5 Å². The molecule has 5 nitrogen and oxygen atoms in total. The number of H-pyrrole nitrogens is 1. The summed E-state index contributed by atoms with van der Waals surface area (Å²) in [7, 11) is 0. The first-order valence-electron chi connectivity index (χ1n) is 9.37. The van der Waals surface area contributed by atoms with Gasteiger partial charge in [0.15, 0.2) is 0 Å². The first-order valence-corrected chi connectivity index (χ1v) is 9.37. The van der Waals surface area contributed by atoms with Gasteiger partial charge in [0, 0.05) is 34.0 Å². The normalized spacial score (nSPS) is 10.7. The third-order valence-electron chi connectivity index (χ3n) is 4.86. The van der Waals surface area contributed by atoms with E-state index in [9.17, 15) is 9.59 Å². The Morgan fingerprint density at radius 3 is 2.48 bits per heavy atom. The van der Waals surface area contributed by atoms with Crippen molar-refractivity contribution < 1.29 is 9.59 Å². The number of benzene rings is 3. The SMILES string of the molecule is Cc1cccc(C(=O)Nc2cc(NC(=O)c3c[nH]c4ccccc34)ccc2C)c1. The summed E-state index contributed by atoms with van der Waals surface area (Å²) in [4.78, 5) is 28.4. The number of para-hydroxylation sites is 1. The second-order valence-corrected chi connectivity index (χ2v) is 7.06.